The van der Waals surface area contributed by atoms with E-state index in [1.165, 1.54) is 11.3 Å². The number of hydrogen-bond acceptors (Lipinski definition) is 3. The Kier molecular flexibility index (Phi) is 3.87. The lowest BCUT2D eigenvalue weighted by Gasteiger charge is -2.41. The van der Waals surface area contributed by atoms with Crippen molar-refractivity contribution in [2.45, 2.75) is 59.0 Å². The van der Waals surface area contributed by atoms with Crippen molar-refractivity contribution in [3.05, 3.63) is 0 Å². The molecule has 0 aliphatic heterocycles. The number of amides is 1. The Morgan fingerprint density at radius 2 is 1.85 bits per heavy atom. The van der Waals surface area contributed by atoms with Gasteiger partial charge in [-0.1, -0.05) is 20.8 Å². The second-order valence-corrected chi connectivity index (χ2v) is 7.57. The largest absolute Gasteiger partial charge is 0.461 e. The number of fused-ring (bicyclic) bond motifs is 2. The fourth-order valence-electron chi connectivity index (χ4n) is 4.17. The lowest BCUT2D eigenvalue weighted by molar-refractivity contribution is -0.165. The van der Waals surface area contributed by atoms with E-state index in [1.54, 1.807) is 14.1 Å². The highest BCUT2D eigenvalue weighted by molar-refractivity contribution is 5.81. The van der Waals surface area contributed by atoms with Gasteiger partial charge in [-0.05, 0) is 25.2 Å². The number of carbonyl (C=O) groups is 2. The highest BCUT2D eigenvalue weighted by Crippen LogP contribution is 2.63. The van der Waals surface area contributed by atoms with Crippen molar-refractivity contribution in [1.82, 2.24) is 4.90 Å². The molecule has 4 nitrogen and oxygen atoms in total. The van der Waals surface area contributed by atoms with Gasteiger partial charge in [0, 0.05) is 31.3 Å². The molecule has 2 aliphatic rings. The van der Waals surface area contributed by atoms with Crippen LogP contribution in [0.15, 0.2) is 0 Å². The number of ether oxygens (including phenoxy) is 1. The van der Waals surface area contributed by atoms with Crippen molar-refractivity contribution in [1.29, 1.82) is 0 Å². The van der Waals surface area contributed by atoms with E-state index in [0.717, 1.165) is 12.8 Å². The van der Waals surface area contributed by atoms with Crippen molar-refractivity contribution in [3.63, 3.8) is 0 Å². The summed E-state index contributed by atoms with van der Waals surface area (Å²) in [6, 6.07) is 0. The van der Waals surface area contributed by atoms with Gasteiger partial charge >= 0.3 is 5.97 Å². The van der Waals surface area contributed by atoms with Gasteiger partial charge in [0.15, 0.2) is 0 Å². The summed E-state index contributed by atoms with van der Waals surface area (Å²) < 4.78 is 5.78. The monoisotopic (exact) mass is 281 g/mol. The summed E-state index contributed by atoms with van der Waals surface area (Å²) in [5.74, 6) is 0.404. The van der Waals surface area contributed by atoms with E-state index in [0.29, 0.717) is 5.92 Å². The van der Waals surface area contributed by atoms with E-state index >= 15 is 0 Å². The molecule has 2 fully saturated rings. The third-order valence-electron chi connectivity index (χ3n) is 5.43. The SMILES string of the molecule is CN(C)C(=O)CCC(=O)OC1C2(C)CCC(C2)C1(C)C. The molecular formula is C16H27NO3. The first-order chi connectivity index (χ1) is 9.17. The first-order valence-electron chi connectivity index (χ1n) is 7.56. The standard InChI is InChI=1S/C16H27NO3/c1-15(2)11-8-9-16(3,10-11)14(15)20-13(19)7-6-12(18)17(4)5/h11,14H,6-10H2,1-5H3. The Morgan fingerprint density at radius 3 is 2.35 bits per heavy atom. The average molecular weight is 281 g/mol. The molecule has 0 aromatic carbocycles. The van der Waals surface area contributed by atoms with Crippen molar-refractivity contribution in [2.24, 2.45) is 16.7 Å². The number of nitrogens with zero attached hydrogens (tertiary/aromatic N) is 1. The minimum absolute atomic E-state index is 0.00397. The number of rotatable bonds is 4. The molecule has 0 aromatic rings. The zero-order chi connectivity index (χ0) is 15.1. The van der Waals surface area contributed by atoms with Crippen LogP contribution in [-0.2, 0) is 14.3 Å². The fraction of sp³-hybridized carbons (Fsp3) is 0.875. The van der Waals surface area contributed by atoms with Crippen LogP contribution < -0.4 is 0 Å². The van der Waals surface area contributed by atoms with E-state index in [1.807, 2.05) is 0 Å². The van der Waals surface area contributed by atoms with Crippen molar-refractivity contribution >= 4 is 11.9 Å². The lowest BCUT2D eigenvalue weighted by Crippen LogP contribution is -2.43. The Hall–Kier alpha value is -1.06. The maximum absolute atomic E-state index is 12.0. The summed E-state index contributed by atoms with van der Waals surface area (Å²) in [4.78, 5) is 25.1. The second-order valence-electron chi connectivity index (χ2n) is 7.57. The molecule has 0 N–H and O–H groups in total. The maximum atomic E-state index is 12.0. The molecule has 2 aliphatic carbocycles. The molecule has 114 valence electrons. The minimum atomic E-state index is -0.230. The first kappa shape index (κ1) is 15.3. The zero-order valence-corrected chi connectivity index (χ0v) is 13.4. The van der Waals surface area contributed by atoms with Gasteiger partial charge in [-0.25, -0.2) is 0 Å². The predicted octanol–water partition coefficient (Wildman–Crippen LogP) is 2.61. The zero-order valence-electron chi connectivity index (χ0n) is 13.4. The molecule has 3 atom stereocenters. The average Bonchev–Trinajstić information content (AvgIpc) is 2.82. The minimum Gasteiger partial charge on any atom is -0.461 e. The van der Waals surface area contributed by atoms with Crippen molar-refractivity contribution in [3.8, 4) is 0 Å². The van der Waals surface area contributed by atoms with Crippen LogP contribution in [0.1, 0.15) is 52.9 Å². The van der Waals surface area contributed by atoms with Crippen LogP contribution in [0.5, 0.6) is 0 Å². The van der Waals surface area contributed by atoms with E-state index in [4.69, 9.17) is 4.74 Å². The van der Waals surface area contributed by atoms with Crippen LogP contribution in [0.4, 0.5) is 0 Å². The van der Waals surface area contributed by atoms with Gasteiger partial charge in [0.1, 0.15) is 6.10 Å². The molecule has 0 radical (unpaired) electrons. The van der Waals surface area contributed by atoms with Gasteiger partial charge in [-0.3, -0.25) is 9.59 Å². The van der Waals surface area contributed by atoms with Crippen LogP contribution in [0.2, 0.25) is 0 Å². The summed E-state index contributed by atoms with van der Waals surface area (Å²) in [5.41, 5.74) is 0.198. The highest BCUT2D eigenvalue weighted by Gasteiger charge is 2.61. The quantitative estimate of drug-likeness (QED) is 0.744. The van der Waals surface area contributed by atoms with E-state index in [2.05, 4.69) is 20.8 Å². The molecule has 0 spiro atoms. The van der Waals surface area contributed by atoms with Crippen molar-refractivity contribution in [2.75, 3.05) is 14.1 Å². The van der Waals surface area contributed by atoms with Crippen LogP contribution in [0.25, 0.3) is 0 Å². The van der Waals surface area contributed by atoms with E-state index in [9.17, 15) is 9.59 Å². The molecule has 4 heteroatoms. The van der Waals surface area contributed by atoms with Crippen LogP contribution in [0, 0.1) is 16.7 Å². The Morgan fingerprint density at radius 1 is 1.20 bits per heavy atom. The molecule has 1 amide bonds. The Balaban J connectivity index is 1.93. The second kappa shape index (κ2) is 5.05. The van der Waals surface area contributed by atoms with Gasteiger partial charge in [-0.2, -0.15) is 0 Å². The van der Waals surface area contributed by atoms with Gasteiger partial charge in [-0.15, -0.1) is 0 Å². The lowest BCUT2D eigenvalue weighted by atomic mass is 9.70. The third kappa shape index (κ3) is 2.57. The smallest absolute Gasteiger partial charge is 0.306 e. The first-order valence-corrected chi connectivity index (χ1v) is 7.56. The molecule has 2 bridgehead atoms. The van der Waals surface area contributed by atoms with Gasteiger partial charge in [0.05, 0.1) is 6.42 Å². The molecule has 2 saturated carbocycles. The molecule has 0 aromatic heterocycles. The molecule has 0 saturated heterocycles. The number of esters is 1. The van der Waals surface area contributed by atoms with Gasteiger partial charge in [0.25, 0.3) is 0 Å². The molecule has 0 heterocycles. The molecule has 3 unspecified atom stereocenters. The Bertz CT molecular complexity index is 411. The predicted molar refractivity (Wildman–Crippen MR) is 77.0 cm³/mol. The third-order valence-corrected chi connectivity index (χ3v) is 5.43. The van der Waals surface area contributed by atoms with E-state index in [-0.39, 0.29) is 41.7 Å². The summed E-state index contributed by atoms with van der Waals surface area (Å²) in [7, 11) is 3.40. The summed E-state index contributed by atoms with van der Waals surface area (Å²) >= 11 is 0. The van der Waals surface area contributed by atoms with Crippen LogP contribution in [0.3, 0.4) is 0 Å². The summed E-state index contributed by atoms with van der Waals surface area (Å²) in [6.45, 7) is 6.67. The molecule has 20 heavy (non-hydrogen) atoms. The van der Waals surface area contributed by atoms with Crippen molar-refractivity contribution < 1.29 is 14.3 Å². The summed E-state index contributed by atoms with van der Waals surface area (Å²) in [5, 5.41) is 0. The molecule has 2 rings (SSSR count). The van der Waals surface area contributed by atoms with Crippen LogP contribution >= 0.6 is 0 Å². The fourth-order valence-corrected chi connectivity index (χ4v) is 4.17. The van der Waals surface area contributed by atoms with Gasteiger partial charge in [0.2, 0.25) is 5.91 Å². The number of hydrogen-bond donors (Lipinski definition) is 0. The number of carbonyl (C=O) groups excluding carboxylic acids is 2. The maximum Gasteiger partial charge on any atom is 0.306 e. The van der Waals surface area contributed by atoms with E-state index < -0.39 is 0 Å². The highest BCUT2D eigenvalue weighted by atomic mass is 16.5. The Labute approximate surface area is 121 Å². The normalized spacial score (nSPS) is 34.0. The van der Waals surface area contributed by atoms with Crippen LogP contribution in [-0.4, -0.2) is 37.0 Å². The molecular weight excluding hydrogens is 254 g/mol. The summed E-state index contributed by atoms with van der Waals surface area (Å²) in [6.07, 6.45) is 3.97. The van der Waals surface area contributed by atoms with Gasteiger partial charge < -0.3 is 9.64 Å². The topological polar surface area (TPSA) is 46.6 Å².